The largest absolute Gasteiger partial charge is 0.479 e. The summed E-state index contributed by atoms with van der Waals surface area (Å²) in [6, 6.07) is 11.7. The zero-order valence-electron chi connectivity index (χ0n) is 18.5. The van der Waals surface area contributed by atoms with Crippen molar-refractivity contribution >= 4 is 45.6 Å². The van der Waals surface area contributed by atoms with Crippen LogP contribution in [0, 0.1) is 0 Å². The zero-order valence-corrected chi connectivity index (χ0v) is 20.2. The Morgan fingerprint density at radius 3 is 2.34 bits per heavy atom. The van der Waals surface area contributed by atoms with Gasteiger partial charge in [0.05, 0.1) is 22.9 Å². The van der Waals surface area contributed by atoms with Gasteiger partial charge in [0.25, 0.3) is 0 Å². The Morgan fingerprint density at radius 2 is 1.69 bits per heavy atom. The molecule has 0 saturated carbocycles. The predicted molar refractivity (Wildman–Crippen MR) is 127 cm³/mol. The molecule has 2 heterocycles. The summed E-state index contributed by atoms with van der Waals surface area (Å²) < 4.78 is 43.0. The van der Waals surface area contributed by atoms with E-state index in [1.165, 1.54) is 13.3 Å². The molecule has 32 heavy (non-hydrogen) atoms. The van der Waals surface area contributed by atoms with Gasteiger partial charge in [-0.2, -0.15) is 4.98 Å². The SMILES string of the molecule is COc1nc(P(C)(C)=O)ccc1Nc1nccc(Nc2ccccc2S(=O)(=O)C(C)C)n1. The van der Waals surface area contributed by atoms with E-state index < -0.39 is 22.2 Å². The lowest BCUT2D eigenvalue weighted by molar-refractivity contribution is 0.401. The number of hydrogen-bond acceptors (Lipinski definition) is 9. The molecule has 0 atom stereocenters. The Balaban J connectivity index is 1.89. The van der Waals surface area contributed by atoms with Crippen LogP contribution in [0.1, 0.15) is 13.8 Å². The molecular weight excluding hydrogens is 449 g/mol. The highest BCUT2D eigenvalue weighted by Gasteiger charge is 2.22. The first-order valence-electron chi connectivity index (χ1n) is 9.83. The normalized spacial score (nSPS) is 11.9. The molecule has 0 aliphatic heterocycles. The van der Waals surface area contributed by atoms with Crippen LogP contribution in [0.3, 0.4) is 0 Å². The van der Waals surface area contributed by atoms with E-state index in [1.807, 2.05) is 0 Å². The van der Waals surface area contributed by atoms with Crippen molar-refractivity contribution in [1.29, 1.82) is 0 Å². The highest BCUT2D eigenvalue weighted by Crippen LogP contribution is 2.36. The molecule has 0 amide bonds. The fourth-order valence-corrected chi connectivity index (χ4v) is 4.77. The van der Waals surface area contributed by atoms with Gasteiger partial charge in [0.1, 0.15) is 24.1 Å². The Labute approximate surface area is 188 Å². The molecule has 0 aliphatic rings. The van der Waals surface area contributed by atoms with Crippen LogP contribution in [0.25, 0.3) is 0 Å². The molecule has 0 fully saturated rings. The van der Waals surface area contributed by atoms with Gasteiger partial charge in [-0.25, -0.2) is 18.4 Å². The predicted octanol–water partition coefficient (Wildman–Crippen LogP) is 3.80. The number of benzene rings is 1. The number of nitrogens with zero attached hydrogens (tertiary/aromatic N) is 3. The molecule has 1 aromatic carbocycles. The van der Waals surface area contributed by atoms with Crippen LogP contribution < -0.4 is 20.8 Å². The maximum absolute atomic E-state index is 12.7. The van der Waals surface area contributed by atoms with Gasteiger partial charge in [-0.3, -0.25) is 0 Å². The number of aromatic nitrogens is 3. The first kappa shape index (κ1) is 23.7. The molecule has 2 aromatic heterocycles. The minimum absolute atomic E-state index is 0.202. The molecule has 3 rings (SSSR count). The van der Waals surface area contributed by atoms with Gasteiger partial charge in [0, 0.05) is 6.20 Å². The Kier molecular flexibility index (Phi) is 6.85. The average molecular weight is 476 g/mol. The Hall–Kier alpha value is -2.97. The lowest BCUT2D eigenvalue weighted by Gasteiger charge is -2.15. The van der Waals surface area contributed by atoms with Gasteiger partial charge >= 0.3 is 0 Å². The van der Waals surface area contributed by atoms with Crippen molar-refractivity contribution in [3.63, 3.8) is 0 Å². The molecule has 2 N–H and O–H groups in total. The second-order valence-corrected chi connectivity index (χ2v) is 13.3. The second kappa shape index (κ2) is 9.26. The number of anilines is 4. The van der Waals surface area contributed by atoms with Crippen LogP contribution in [0.5, 0.6) is 5.88 Å². The number of para-hydroxylation sites is 1. The van der Waals surface area contributed by atoms with Gasteiger partial charge in [-0.05, 0) is 57.5 Å². The monoisotopic (exact) mass is 475 g/mol. The smallest absolute Gasteiger partial charge is 0.238 e. The molecule has 0 saturated heterocycles. The molecule has 0 unspecified atom stereocenters. The first-order chi connectivity index (χ1) is 15.0. The van der Waals surface area contributed by atoms with Crippen molar-refractivity contribution in [3.05, 3.63) is 48.7 Å². The van der Waals surface area contributed by atoms with E-state index in [1.54, 1.807) is 69.6 Å². The fourth-order valence-electron chi connectivity index (χ4n) is 2.80. The lowest BCUT2D eigenvalue weighted by atomic mass is 10.3. The van der Waals surface area contributed by atoms with E-state index in [0.717, 1.165) is 0 Å². The topological polar surface area (TPSA) is 123 Å². The number of hydrogen-bond donors (Lipinski definition) is 2. The minimum Gasteiger partial charge on any atom is -0.479 e. The van der Waals surface area contributed by atoms with Crippen molar-refractivity contribution in [2.45, 2.75) is 24.0 Å². The Morgan fingerprint density at radius 1 is 0.969 bits per heavy atom. The Bertz CT molecular complexity index is 1270. The van der Waals surface area contributed by atoms with E-state index in [2.05, 4.69) is 25.6 Å². The molecular formula is C21H26N5O4PS. The number of sulfone groups is 1. The fraction of sp³-hybridized carbons (Fsp3) is 0.286. The third-order valence-corrected chi connectivity index (χ3v) is 8.13. The van der Waals surface area contributed by atoms with Gasteiger partial charge < -0.3 is 19.9 Å². The second-order valence-electron chi connectivity index (χ2n) is 7.68. The molecule has 11 heteroatoms. The minimum atomic E-state index is -3.48. The standard InChI is InChI=1S/C21H26N5O4PS/c1-14(2)32(28,29)17-9-7-6-8-15(17)23-18-12-13-22-21(25-18)24-16-10-11-19(31(4,5)27)26-20(16)30-3/h6-14H,1-5H3,(H2,22,23,24,25). The molecule has 0 radical (unpaired) electrons. The zero-order chi connectivity index (χ0) is 23.5. The van der Waals surface area contributed by atoms with Crippen LogP contribution in [-0.2, 0) is 14.4 Å². The maximum atomic E-state index is 12.7. The average Bonchev–Trinajstić information content (AvgIpc) is 2.73. The summed E-state index contributed by atoms with van der Waals surface area (Å²) in [7, 11) is -4.55. The van der Waals surface area contributed by atoms with Crippen LogP contribution in [-0.4, -0.2) is 49.1 Å². The highest BCUT2D eigenvalue weighted by molar-refractivity contribution is 7.92. The number of ether oxygens (including phenoxy) is 1. The van der Waals surface area contributed by atoms with Gasteiger partial charge in [-0.1, -0.05) is 12.1 Å². The van der Waals surface area contributed by atoms with Crippen LogP contribution in [0.4, 0.5) is 23.1 Å². The van der Waals surface area contributed by atoms with Crippen molar-refractivity contribution in [1.82, 2.24) is 15.0 Å². The number of rotatable bonds is 8. The number of nitrogens with one attached hydrogen (secondary N) is 2. The number of methoxy groups -OCH3 is 1. The third kappa shape index (κ3) is 5.26. The maximum Gasteiger partial charge on any atom is 0.238 e. The molecule has 0 bridgehead atoms. The van der Waals surface area contributed by atoms with Crippen LogP contribution >= 0.6 is 7.14 Å². The third-order valence-electron chi connectivity index (χ3n) is 4.57. The summed E-state index contributed by atoms with van der Waals surface area (Å²) in [6.45, 7) is 6.55. The van der Waals surface area contributed by atoms with Crippen molar-refractivity contribution in [2.24, 2.45) is 0 Å². The van der Waals surface area contributed by atoms with Crippen LogP contribution in [0.2, 0.25) is 0 Å². The first-order valence-corrected chi connectivity index (χ1v) is 14.0. The van der Waals surface area contributed by atoms with E-state index in [9.17, 15) is 13.0 Å². The summed E-state index contributed by atoms with van der Waals surface area (Å²) in [6.07, 6.45) is 1.54. The van der Waals surface area contributed by atoms with E-state index >= 15 is 0 Å². The van der Waals surface area contributed by atoms with Gasteiger partial charge in [-0.15, -0.1) is 0 Å². The molecule has 3 aromatic rings. The van der Waals surface area contributed by atoms with Gasteiger partial charge in [0.2, 0.25) is 11.8 Å². The van der Waals surface area contributed by atoms with E-state index in [0.29, 0.717) is 22.6 Å². The molecule has 0 spiro atoms. The molecule has 170 valence electrons. The number of pyridine rings is 1. The van der Waals surface area contributed by atoms with Gasteiger partial charge in [0.15, 0.2) is 9.84 Å². The quantitative estimate of drug-likeness (QED) is 0.468. The lowest BCUT2D eigenvalue weighted by Crippen LogP contribution is -2.15. The summed E-state index contributed by atoms with van der Waals surface area (Å²) in [4.78, 5) is 13.1. The summed E-state index contributed by atoms with van der Waals surface area (Å²) >= 11 is 0. The summed E-state index contributed by atoms with van der Waals surface area (Å²) in [5.74, 6) is 0.925. The van der Waals surface area contributed by atoms with E-state index in [-0.39, 0.29) is 16.7 Å². The molecule has 0 aliphatic carbocycles. The highest BCUT2D eigenvalue weighted by atomic mass is 32.2. The summed E-state index contributed by atoms with van der Waals surface area (Å²) in [5.41, 5.74) is 1.39. The molecule has 9 nitrogen and oxygen atoms in total. The van der Waals surface area contributed by atoms with Crippen molar-refractivity contribution in [3.8, 4) is 5.88 Å². The van der Waals surface area contributed by atoms with Crippen molar-refractivity contribution in [2.75, 3.05) is 31.1 Å². The van der Waals surface area contributed by atoms with Crippen molar-refractivity contribution < 1.29 is 17.7 Å². The van der Waals surface area contributed by atoms with Crippen LogP contribution in [0.15, 0.2) is 53.6 Å². The van der Waals surface area contributed by atoms with E-state index in [4.69, 9.17) is 4.74 Å². The summed E-state index contributed by atoms with van der Waals surface area (Å²) in [5, 5.41) is 5.54.